The number of piperidine rings is 1. The van der Waals surface area contributed by atoms with Crippen LogP contribution in [0.3, 0.4) is 0 Å². The SMILES string of the molecule is CC(C)N1CCC(C(c2ccccc2)c2ccccc2)CC1. The normalized spacial score (nSPS) is 17.3. The molecule has 0 N–H and O–H groups in total. The van der Waals surface area contributed by atoms with Gasteiger partial charge in [-0.2, -0.15) is 0 Å². The fourth-order valence-corrected chi connectivity index (χ4v) is 3.83. The lowest BCUT2D eigenvalue weighted by molar-refractivity contribution is 0.142. The minimum absolute atomic E-state index is 0.539. The molecule has 1 nitrogen and oxygen atoms in total. The Balaban J connectivity index is 1.84. The summed E-state index contributed by atoms with van der Waals surface area (Å²) in [7, 11) is 0. The molecule has 0 aliphatic carbocycles. The Morgan fingerprint density at radius 3 is 1.64 bits per heavy atom. The third-order valence-electron chi connectivity index (χ3n) is 5.09. The van der Waals surface area contributed by atoms with Crippen LogP contribution in [0.1, 0.15) is 43.7 Å². The highest BCUT2D eigenvalue weighted by molar-refractivity contribution is 5.33. The average Bonchev–Trinajstić information content (AvgIpc) is 2.57. The molecule has 1 aliphatic rings. The summed E-state index contributed by atoms with van der Waals surface area (Å²) in [6.45, 7) is 7.09. The Hall–Kier alpha value is -1.60. The van der Waals surface area contributed by atoms with Crippen molar-refractivity contribution in [3.8, 4) is 0 Å². The van der Waals surface area contributed by atoms with Crippen LogP contribution in [-0.2, 0) is 0 Å². The van der Waals surface area contributed by atoms with Crippen LogP contribution in [0.5, 0.6) is 0 Å². The van der Waals surface area contributed by atoms with Crippen LogP contribution in [0.2, 0.25) is 0 Å². The third-order valence-corrected chi connectivity index (χ3v) is 5.09. The molecule has 0 spiro atoms. The molecule has 1 heteroatoms. The summed E-state index contributed by atoms with van der Waals surface area (Å²) in [6.07, 6.45) is 2.60. The topological polar surface area (TPSA) is 3.24 Å². The molecule has 0 unspecified atom stereocenters. The lowest BCUT2D eigenvalue weighted by atomic mass is 9.76. The van der Waals surface area contributed by atoms with Gasteiger partial charge in [0, 0.05) is 12.0 Å². The summed E-state index contributed by atoms with van der Waals surface area (Å²) in [4.78, 5) is 2.61. The van der Waals surface area contributed by atoms with Crippen molar-refractivity contribution >= 4 is 0 Å². The van der Waals surface area contributed by atoms with Crippen LogP contribution in [0.4, 0.5) is 0 Å². The van der Waals surface area contributed by atoms with Gasteiger partial charge in [0.05, 0.1) is 0 Å². The number of hydrogen-bond donors (Lipinski definition) is 0. The maximum Gasteiger partial charge on any atom is 0.0119 e. The van der Waals surface area contributed by atoms with Gasteiger partial charge in [0.2, 0.25) is 0 Å². The van der Waals surface area contributed by atoms with E-state index < -0.39 is 0 Å². The first-order valence-corrected chi connectivity index (χ1v) is 8.59. The van der Waals surface area contributed by atoms with E-state index in [4.69, 9.17) is 0 Å². The molecule has 0 aromatic heterocycles. The standard InChI is InChI=1S/C21H27N/c1-17(2)22-15-13-20(14-16-22)21(18-9-5-3-6-10-18)19-11-7-4-8-12-19/h3-12,17,20-21H,13-16H2,1-2H3. The van der Waals surface area contributed by atoms with Gasteiger partial charge < -0.3 is 4.90 Å². The van der Waals surface area contributed by atoms with Crippen LogP contribution in [0.15, 0.2) is 60.7 Å². The Kier molecular flexibility index (Phi) is 4.94. The van der Waals surface area contributed by atoms with E-state index in [-0.39, 0.29) is 0 Å². The molecule has 1 aliphatic heterocycles. The second-order valence-electron chi connectivity index (χ2n) is 6.77. The summed E-state index contributed by atoms with van der Waals surface area (Å²) < 4.78 is 0. The van der Waals surface area contributed by atoms with Crippen molar-refractivity contribution in [1.82, 2.24) is 4.90 Å². The zero-order valence-corrected chi connectivity index (χ0v) is 13.8. The number of rotatable bonds is 4. The molecule has 0 saturated carbocycles. The maximum atomic E-state index is 2.61. The summed E-state index contributed by atoms with van der Waals surface area (Å²) in [6, 6.07) is 22.8. The fourth-order valence-electron chi connectivity index (χ4n) is 3.83. The minimum Gasteiger partial charge on any atom is -0.301 e. The van der Waals surface area contributed by atoms with Crippen molar-refractivity contribution in [2.75, 3.05) is 13.1 Å². The number of likely N-dealkylation sites (tertiary alicyclic amines) is 1. The van der Waals surface area contributed by atoms with Gasteiger partial charge in [0.15, 0.2) is 0 Å². The van der Waals surface area contributed by atoms with Crippen LogP contribution in [0.25, 0.3) is 0 Å². The molecule has 1 saturated heterocycles. The number of nitrogens with zero attached hydrogens (tertiary/aromatic N) is 1. The monoisotopic (exact) mass is 293 g/mol. The average molecular weight is 293 g/mol. The highest BCUT2D eigenvalue weighted by atomic mass is 15.1. The molecule has 2 aromatic rings. The summed E-state index contributed by atoms with van der Waals surface area (Å²) in [5, 5.41) is 0. The largest absolute Gasteiger partial charge is 0.301 e. The van der Waals surface area contributed by atoms with Crippen molar-refractivity contribution in [1.29, 1.82) is 0 Å². The molecule has 0 radical (unpaired) electrons. The van der Waals surface area contributed by atoms with Crippen LogP contribution < -0.4 is 0 Å². The molecule has 22 heavy (non-hydrogen) atoms. The van der Waals surface area contributed by atoms with Crippen molar-refractivity contribution in [3.63, 3.8) is 0 Å². The third kappa shape index (κ3) is 3.41. The molecule has 1 heterocycles. The summed E-state index contributed by atoms with van der Waals surface area (Å²) in [5.74, 6) is 1.29. The first kappa shape index (κ1) is 15.3. The van der Waals surface area contributed by atoms with Crippen molar-refractivity contribution in [2.45, 2.75) is 38.6 Å². The van der Waals surface area contributed by atoms with E-state index in [0.29, 0.717) is 12.0 Å². The lowest BCUT2D eigenvalue weighted by Crippen LogP contribution is -2.39. The quantitative estimate of drug-likeness (QED) is 0.772. The van der Waals surface area contributed by atoms with E-state index >= 15 is 0 Å². The van der Waals surface area contributed by atoms with Gasteiger partial charge in [-0.05, 0) is 56.8 Å². The van der Waals surface area contributed by atoms with E-state index in [2.05, 4.69) is 79.4 Å². The molecule has 2 aromatic carbocycles. The molecule has 0 amide bonds. The summed E-state index contributed by atoms with van der Waals surface area (Å²) >= 11 is 0. The molecular weight excluding hydrogens is 266 g/mol. The van der Waals surface area contributed by atoms with Crippen LogP contribution in [0, 0.1) is 5.92 Å². The van der Waals surface area contributed by atoms with Gasteiger partial charge in [0.1, 0.15) is 0 Å². The Bertz CT molecular complexity index is 513. The van der Waals surface area contributed by atoms with Gasteiger partial charge in [-0.1, -0.05) is 60.7 Å². The summed E-state index contributed by atoms with van der Waals surface area (Å²) in [5.41, 5.74) is 2.94. The predicted octanol–water partition coefficient (Wildman–Crippen LogP) is 4.94. The molecule has 3 rings (SSSR count). The van der Waals surface area contributed by atoms with Crippen molar-refractivity contribution in [2.24, 2.45) is 5.92 Å². The second-order valence-corrected chi connectivity index (χ2v) is 6.77. The number of benzene rings is 2. The first-order valence-electron chi connectivity index (χ1n) is 8.59. The number of hydrogen-bond acceptors (Lipinski definition) is 1. The Labute approximate surface area is 135 Å². The Morgan fingerprint density at radius 1 is 0.773 bits per heavy atom. The molecule has 1 fully saturated rings. The van der Waals surface area contributed by atoms with Crippen molar-refractivity contribution < 1.29 is 0 Å². The Morgan fingerprint density at radius 2 is 1.23 bits per heavy atom. The molecule has 116 valence electrons. The maximum absolute atomic E-state index is 2.61. The van der Waals surface area contributed by atoms with E-state index in [0.717, 1.165) is 5.92 Å². The molecule has 0 atom stereocenters. The van der Waals surface area contributed by atoms with E-state index in [1.807, 2.05) is 0 Å². The van der Waals surface area contributed by atoms with Crippen molar-refractivity contribution in [3.05, 3.63) is 71.8 Å². The molecule has 0 bridgehead atoms. The van der Waals surface area contributed by atoms with Gasteiger partial charge in [-0.15, -0.1) is 0 Å². The highest BCUT2D eigenvalue weighted by Gasteiger charge is 2.29. The predicted molar refractivity (Wildman–Crippen MR) is 94.2 cm³/mol. The zero-order chi connectivity index (χ0) is 15.4. The van der Waals surface area contributed by atoms with Gasteiger partial charge in [-0.25, -0.2) is 0 Å². The lowest BCUT2D eigenvalue weighted by Gasteiger charge is -2.38. The van der Waals surface area contributed by atoms with Gasteiger partial charge in [0.25, 0.3) is 0 Å². The fraction of sp³-hybridized carbons (Fsp3) is 0.429. The smallest absolute Gasteiger partial charge is 0.0119 e. The molecular formula is C21H27N. The highest BCUT2D eigenvalue weighted by Crippen LogP contribution is 2.38. The van der Waals surface area contributed by atoms with E-state index in [1.54, 1.807) is 0 Å². The van der Waals surface area contributed by atoms with Gasteiger partial charge in [-0.3, -0.25) is 0 Å². The minimum atomic E-state index is 0.539. The second kappa shape index (κ2) is 7.11. The van der Waals surface area contributed by atoms with Gasteiger partial charge >= 0.3 is 0 Å². The van der Waals surface area contributed by atoms with E-state index in [9.17, 15) is 0 Å². The van der Waals surface area contributed by atoms with Crippen LogP contribution >= 0.6 is 0 Å². The first-order chi connectivity index (χ1) is 10.8. The van der Waals surface area contributed by atoms with Crippen LogP contribution in [-0.4, -0.2) is 24.0 Å². The zero-order valence-electron chi connectivity index (χ0n) is 13.8. The van der Waals surface area contributed by atoms with E-state index in [1.165, 1.54) is 37.1 Å².